The maximum Gasteiger partial charge on any atom is 0.277 e. The van der Waals surface area contributed by atoms with E-state index in [0.29, 0.717) is 11.3 Å². The number of benzene rings is 1. The Kier molecular flexibility index (Phi) is 3.96. The van der Waals surface area contributed by atoms with E-state index in [1.165, 1.54) is 12.3 Å². The first kappa shape index (κ1) is 12.9. The summed E-state index contributed by atoms with van der Waals surface area (Å²) in [7, 11) is 0. The molecule has 2 N–H and O–H groups in total. The van der Waals surface area contributed by atoms with Crippen molar-refractivity contribution in [3.8, 4) is 11.8 Å². The molecule has 1 amide bonds. The van der Waals surface area contributed by atoms with Gasteiger partial charge in [-0.1, -0.05) is 23.1 Å². The number of aliphatic hydroxyl groups excluding tert-OH is 1. The van der Waals surface area contributed by atoms with Crippen LogP contribution in [-0.4, -0.2) is 22.8 Å². The lowest BCUT2D eigenvalue weighted by Crippen LogP contribution is -2.13. The van der Waals surface area contributed by atoms with Crippen molar-refractivity contribution in [1.29, 1.82) is 0 Å². The molecule has 2 aromatic rings. The second kappa shape index (κ2) is 5.85. The number of amides is 1. The molecule has 0 bridgehead atoms. The van der Waals surface area contributed by atoms with Gasteiger partial charge in [0.1, 0.15) is 12.9 Å². The van der Waals surface area contributed by atoms with Gasteiger partial charge in [-0.05, 0) is 24.6 Å². The summed E-state index contributed by atoms with van der Waals surface area (Å²) < 4.78 is 4.62. The maximum atomic E-state index is 11.9. The molecule has 0 saturated carbocycles. The predicted octanol–water partition coefficient (Wildman–Crippen LogP) is 1.58. The van der Waals surface area contributed by atoms with E-state index in [9.17, 15) is 4.79 Å². The fourth-order valence-electron chi connectivity index (χ4n) is 1.52. The average Bonchev–Trinajstić information content (AvgIpc) is 2.93. The van der Waals surface area contributed by atoms with Gasteiger partial charge in [-0.2, -0.15) is 0 Å². The molecule has 5 nitrogen and oxygen atoms in total. The molecule has 0 aliphatic heterocycles. The number of nitrogens with zero attached hydrogens (tertiary/aromatic N) is 1. The number of nitrogens with one attached hydrogen (secondary N) is 1. The zero-order valence-electron chi connectivity index (χ0n) is 10.3. The minimum Gasteiger partial charge on any atom is -0.384 e. The molecule has 0 atom stereocenters. The summed E-state index contributed by atoms with van der Waals surface area (Å²) in [4.78, 5) is 11.9. The molecule has 0 aliphatic rings. The van der Waals surface area contributed by atoms with Crippen LogP contribution in [0.2, 0.25) is 0 Å². The van der Waals surface area contributed by atoms with Gasteiger partial charge in [0.2, 0.25) is 0 Å². The zero-order valence-corrected chi connectivity index (χ0v) is 10.3. The van der Waals surface area contributed by atoms with Gasteiger partial charge in [-0.15, -0.1) is 0 Å². The number of aromatic nitrogens is 1. The third-order valence-electron chi connectivity index (χ3n) is 2.40. The summed E-state index contributed by atoms with van der Waals surface area (Å²) in [5.74, 6) is 4.99. The van der Waals surface area contributed by atoms with E-state index in [1.807, 2.05) is 19.1 Å². The SMILES string of the molecule is Cc1ccc(NC(=O)c2ccon2)c(C#CCO)c1. The Bertz CT molecular complexity index is 636. The molecule has 0 unspecified atom stereocenters. The smallest absolute Gasteiger partial charge is 0.277 e. The molecule has 0 spiro atoms. The van der Waals surface area contributed by atoms with Gasteiger partial charge in [-0.25, -0.2) is 0 Å². The van der Waals surface area contributed by atoms with Crippen LogP contribution in [0, 0.1) is 18.8 Å². The Morgan fingerprint density at radius 2 is 2.32 bits per heavy atom. The molecule has 19 heavy (non-hydrogen) atoms. The highest BCUT2D eigenvalue weighted by molar-refractivity contribution is 6.03. The fraction of sp³-hybridized carbons (Fsp3) is 0.143. The highest BCUT2D eigenvalue weighted by atomic mass is 16.5. The third kappa shape index (κ3) is 3.21. The van der Waals surface area contributed by atoms with Crippen LogP contribution in [0.3, 0.4) is 0 Å². The average molecular weight is 256 g/mol. The second-order valence-electron chi connectivity index (χ2n) is 3.85. The monoisotopic (exact) mass is 256 g/mol. The predicted molar refractivity (Wildman–Crippen MR) is 69.6 cm³/mol. The first-order valence-electron chi connectivity index (χ1n) is 5.63. The summed E-state index contributed by atoms with van der Waals surface area (Å²) in [6.07, 6.45) is 1.33. The van der Waals surface area contributed by atoms with Crippen LogP contribution in [-0.2, 0) is 0 Å². The van der Waals surface area contributed by atoms with Crippen LogP contribution >= 0.6 is 0 Å². The van der Waals surface area contributed by atoms with Crippen molar-refractivity contribution in [2.75, 3.05) is 11.9 Å². The lowest BCUT2D eigenvalue weighted by atomic mass is 10.1. The summed E-state index contributed by atoms with van der Waals surface area (Å²) >= 11 is 0. The van der Waals surface area contributed by atoms with Gasteiger partial charge in [0.15, 0.2) is 5.69 Å². The molecule has 0 saturated heterocycles. The summed E-state index contributed by atoms with van der Waals surface area (Å²) in [6, 6.07) is 6.93. The third-order valence-corrected chi connectivity index (χ3v) is 2.40. The second-order valence-corrected chi connectivity index (χ2v) is 3.85. The number of aliphatic hydroxyl groups is 1. The molecule has 0 fully saturated rings. The molecular weight excluding hydrogens is 244 g/mol. The first-order chi connectivity index (χ1) is 9.20. The molecule has 5 heteroatoms. The van der Waals surface area contributed by atoms with E-state index in [4.69, 9.17) is 5.11 Å². The van der Waals surface area contributed by atoms with Crippen molar-refractivity contribution in [2.45, 2.75) is 6.92 Å². The largest absolute Gasteiger partial charge is 0.384 e. The molecule has 1 aromatic carbocycles. The number of aryl methyl sites for hydroxylation is 1. The van der Waals surface area contributed by atoms with E-state index >= 15 is 0 Å². The highest BCUT2D eigenvalue weighted by Crippen LogP contribution is 2.17. The molecule has 0 radical (unpaired) electrons. The van der Waals surface area contributed by atoms with Gasteiger partial charge < -0.3 is 14.9 Å². The zero-order chi connectivity index (χ0) is 13.7. The van der Waals surface area contributed by atoms with Gasteiger partial charge in [0, 0.05) is 11.6 Å². The maximum absolute atomic E-state index is 11.9. The molecule has 96 valence electrons. The van der Waals surface area contributed by atoms with Crippen molar-refractivity contribution in [1.82, 2.24) is 5.16 Å². The Hall–Kier alpha value is -2.58. The number of rotatable bonds is 2. The molecule has 1 aromatic heterocycles. The van der Waals surface area contributed by atoms with E-state index in [2.05, 4.69) is 26.8 Å². The minimum absolute atomic E-state index is 0.196. The van der Waals surface area contributed by atoms with E-state index < -0.39 is 0 Å². The normalized spacial score (nSPS) is 9.58. The Balaban J connectivity index is 2.27. The van der Waals surface area contributed by atoms with Gasteiger partial charge in [0.25, 0.3) is 5.91 Å². The van der Waals surface area contributed by atoms with Crippen LogP contribution in [0.25, 0.3) is 0 Å². The van der Waals surface area contributed by atoms with Gasteiger partial charge in [-0.3, -0.25) is 4.79 Å². The van der Waals surface area contributed by atoms with Crippen molar-refractivity contribution >= 4 is 11.6 Å². The van der Waals surface area contributed by atoms with Crippen molar-refractivity contribution < 1.29 is 14.4 Å². The van der Waals surface area contributed by atoms with Crippen LogP contribution in [0.1, 0.15) is 21.6 Å². The molecule has 1 heterocycles. The van der Waals surface area contributed by atoms with Crippen molar-refractivity contribution in [3.05, 3.63) is 47.3 Å². The van der Waals surface area contributed by atoms with Crippen LogP contribution in [0.15, 0.2) is 35.1 Å². The Labute approximate surface area is 110 Å². The molecule has 2 rings (SSSR count). The minimum atomic E-state index is -0.371. The van der Waals surface area contributed by atoms with Crippen LogP contribution in [0.5, 0.6) is 0 Å². The summed E-state index contributed by atoms with van der Waals surface area (Å²) in [5.41, 5.74) is 2.42. The van der Waals surface area contributed by atoms with Crippen molar-refractivity contribution in [3.63, 3.8) is 0 Å². The van der Waals surface area contributed by atoms with Gasteiger partial charge in [0.05, 0.1) is 5.69 Å². The number of carbonyl (C=O) groups excluding carboxylic acids is 1. The van der Waals surface area contributed by atoms with Crippen molar-refractivity contribution in [2.24, 2.45) is 0 Å². The lowest BCUT2D eigenvalue weighted by Gasteiger charge is -2.06. The van der Waals surface area contributed by atoms with Crippen LogP contribution in [0.4, 0.5) is 5.69 Å². The van der Waals surface area contributed by atoms with Crippen LogP contribution < -0.4 is 5.32 Å². The number of hydrogen-bond donors (Lipinski definition) is 2. The fourth-order valence-corrected chi connectivity index (χ4v) is 1.52. The van der Waals surface area contributed by atoms with Gasteiger partial charge >= 0.3 is 0 Å². The number of anilines is 1. The summed E-state index contributed by atoms with van der Waals surface area (Å²) in [5, 5.41) is 15.0. The number of carbonyl (C=O) groups is 1. The quantitative estimate of drug-likeness (QED) is 0.800. The Morgan fingerprint density at radius 3 is 3.00 bits per heavy atom. The van der Waals surface area contributed by atoms with E-state index in [-0.39, 0.29) is 18.2 Å². The standard InChI is InChI=1S/C14H12N2O3/c1-10-4-5-12(11(9-10)3-2-7-17)15-14(18)13-6-8-19-16-13/h4-6,8-9,17H,7H2,1H3,(H,15,18). The highest BCUT2D eigenvalue weighted by Gasteiger charge is 2.11. The van der Waals surface area contributed by atoms with E-state index in [1.54, 1.807) is 6.07 Å². The lowest BCUT2D eigenvalue weighted by molar-refractivity contribution is 0.101. The molecule has 0 aliphatic carbocycles. The Morgan fingerprint density at radius 1 is 1.47 bits per heavy atom. The topological polar surface area (TPSA) is 75.4 Å². The van der Waals surface area contributed by atoms with E-state index in [0.717, 1.165) is 5.56 Å². The number of hydrogen-bond acceptors (Lipinski definition) is 4. The molecular formula is C14H12N2O3. The summed E-state index contributed by atoms with van der Waals surface area (Å²) in [6.45, 7) is 1.69. The first-order valence-corrected chi connectivity index (χ1v) is 5.63.